The number of hydrogen-bond acceptors (Lipinski definition) is 15. The van der Waals surface area contributed by atoms with Gasteiger partial charge in [-0.05, 0) is 69.1 Å². The SMILES string of the molecule is CCCCCC/C=C\C=C/CCCCCCCC(=O)O[C@H](COC(=O)CCCCCCCCCC(C)C)COP(=O)(O)OCC(O)COP(=O)(O)OC[C@@H](COC(=O)CCCCCCCCCCCCC(C)C)OC(=O)CCCCCCCCCCC(C)C. The van der Waals surface area contributed by atoms with Gasteiger partial charge in [-0.3, -0.25) is 37.3 Å². The molecular weight excluding hydrogens is 1170 g/mol. The van der Waals surface area contributed by atoms with Gasteiger partial charge in [-0.25, -0.2) is 9.13 Å². The van der Waals surface area contributed by atoms with Crippen LogP contribution < -0.4 is 0 Å². The number of rotatable bonds is 66. The van der Waals surface area contributed by atoms with Gasteiger partial charge in [0.05, 0.1) is 26.4 Å². The lowest BCUT2D eigenvalue weighted by atomic mass is 10.0. The van der Waals surface area contributed by atoms with E-state index in [4.69, 9.17) is 37.0 Å². The highest BCUT2D eigenvalue weighted by atomic mass is 31.2. The molecule has 0 amide bonds. The molecule has 0 spiro atoms. The van der Waals surface area contributed by atoms with Gasteiger partial charge in [-0.15, -0.1) is 0 Å². The number of aliphatic hydroxyl groups excluding tert-OH is 1. The molecule has 5 atom stereocenters. The van der Waals surface area contributed by atoms with Crippen LogP contribution in [0.15, 0.2) is 24.3 Å². The topological polar surface area (TPSA) is 237 Å². The van der Waals surface area contributed by atoms with Crippen LogP contribution >= 0.6 is 15.6 Å². The van der Waals surface area contributed by atoms with Gasteiger partial charge in [-0.1, -0.05) is 272 Å². The van der Waals surface area contributed by atoms with E-state index in [1.54, 1.807) is 0 Å². The first-order chi connectivity index (χ1) is 42.7. The number of carbonyl (C=O) groups is 4. The third-order valence-electron chi connectivity index (χ3n) is 15.5. The fraction of sp³-hybridized carbons (Fsp3) is 0.886. The number of phosphoric acid groups is 2. The summed E-state index contributed by atoms with van der Waals surface area (Å²) >= 11 is 0. The fourth-order valence-electron chi connectivity index (χ4n) is 10.0. The summed E-state index contributed by atoms with van der Waals surface area (Å²) in [6, 6.07) is 0. The summed E-state index contributed by atoms with van der Waals surface area (Å²) < 4.78 is 68.2. The van der Waals surface area contributed by atoms with E-state index < -0.39 is 97.5 Å². The van der Waals surface area contributed by atoms with E-state index in [1.165, 1.54) is 116 Å². The number of aliphatic hydroxyl groups is 1. The summed E-state index contributed by atoms with van der Waals surface area (Å²) in [6.45, 7) is 11.7. The molecule has 0 aliphatic carbocycles. The Morgan fingerprint density at radius 1 is 0.348 bits per heavy atom. The van der Waals surface area contributed by atoms with E-state index in [-0.39, 0.29) is 25.7 Å². The summed E-state index contributed by atoms with van der Waals surface area (Å²) in [5.74, 6) is 0.0156. The third-order valence-corrected chi connectivity index (χ3v) is 17.4. The van der Waals surface area contributed by atoms with Crippen LogP contribution in [0, 0.1) is 17.8 Å². The van der Waals surface area contributed by atoms with E-state index in [1.807, 2.05) is 0 Å². The molecule has 0 saturated carbocycles. The monoisotopic (exact) mass is 1310 g/mol. The highest BCUT2D eigenvalue weighted by Crippen LogP contribution is 2.45. The number of allylic oxidation sites excluding steroid dienone is 4. The Balaban J connectivity index is 5.28. The Bertz CT molecular complexity index is 1840. The molecule has 3 unspecified atom stereocenters. The van der Waals surface area contributed by atoms with Crippen molar-refractivity contribution in [2.24, 2.45) is 17.8 Å². The van der Waals surface area contributed by atoms with Crippen LogP contribution in [0.1, 0.15) is 325 Å². The van der Waals surface area contributed by atoms with Crippen LogP contribution in [0.5, 0.6) is 0 Å². The van der Waals surface area contributed by atoms with Crippen LogP contribution in [0.4, 0.5) is 0 Å². The highest BCUT2D eigenvalue weighted by molar-refractivity contribution is 7.47. The zero-order chi connectivity index (χ0) is 65.9. The minimum Gasteiger partial charge on any atom is -0.462 e. The van der Waals surface area contributed by atoms with E-state index in [9.17, 15) is 43.2 Å². The summed E-state index contributed by atoms with van der Waals surface area (Å²) in [7, 11) is -9.91. The van der Waals surface area contributed by atoms with Gasteiger partial charge in [0.25, 0.3) is 0 Å². The quantitative estimate of drug-likeness (QED) is 0.0169. The second kappa shape index (κ2) is 60.5. The molecule has 0 radical (unpaired) electrons. The normalized spacial score (nSPS) is 14.4. The van der Waals surface area contributed by atoms with E-state index >= 15 is 0 Å². The van der Waals surface area contributed by atoms with Crippen molar-refractivity contribution < 1.29 is 80.2 Å². The molecular formula is C70H132O17P2. The fourth-order valence-corrected chi connectivity index (χ4v) is 11.6. The Hall–Kier alpha value is -2.46. The Kier molecular flexibility index (Phi) is 58.8. The molecule has 0 bridgehead atoms. The third kappa shape index (κ3) is 64.1. The number of carbonyl (C=O) groups excluding carboxylic acids is 4. The minimum atomic E-state index is -4.96. The Labute approximate surface area is 542 Å². The molecule has 0 saturated heterocycles. The molecule has 0 aromatic carbocycles. The molecule has 89 heavy (non-hydrogen) atoms. The Morgan fingerprint density at radius 2 is 0.607 bits per heavy atom. The largest absolute Gasteiger partial charge is 0.472 e. The first-order valence-corrected chi connectivity index (χ1v) is 38.7. The number of phosphoric ester groups is 2. The lowest BCUT2D eigenvalue weighted by Crippen LogP contribution is -2.30. The molecule has 0 aromatic heterocycles. The second-order valence-electron chi connectivity index (χ2n) is 26.0. The summed E-state index contributed by atoms with van der Waals surface area (Å²) in [4.78, 5) is 72.5. The maximum atomic E-state index is 13.0. The first kappa shape index (κ1) is 86.5. The molecule has 0 aliphatic rings. The van der Waals surface area contributed by atoms with Crippen molar-refractivity contribution in [2.75, 3.05) is 39.6 Å². The highest BCUT2D eigenvalue weighted by Gasteiger charge is 2.30. The number of ether oxygens (including phenoxy) is 4. The van der Waals surface area contributed by atoms with Crippen molar-refractivity contribution in [3.05, 3.63) is 24.3 Å². The molecule has 0 aliphatic heterocycles. The van der Waals surface area contributed by atoms with Crippen molar-refractivity contribution in [1.82, 2.24) is 0 Å². The van der Waals surface area contributed by atoms with Crippen LogP contribution in [-0.2, 0) is 65.4 Å². The minimum absolute atomic E-state index is 0.0837. The number of hydrogen-bond donors (Lipinski definition) is 3. The van der Waals surface area contributed by atoms with Crippen LogP contribution in [0.2, 0.25) is 0 Å². The Morgan fingerprint density at radius 3 is 0.910 bits per heavy atom. The summed E-state index contributed by atoms with van der Waals surface area (Å²) in [5, 5.41) is 10.6. The van der Waals surface area contributed by atoms with E-state index in [0.717, 1.165) is 115 Å². The van der Waals surface area contributed by atoms with Gasteiger partial charge in [0.15, 0.2) is 12.2 Å². The van der Waals surface area contributed by atoms with Crippen molar-refractivity contribution in [2.45, 2.75) is 343 Å². The number of esters is 4. The van der Waals surface area contributed by atoms with Crippen LogP contribution in [0.25, 0.3) is 0 Å². The standard InChI is InChI=1S/C70H132O17P2/c1-8-9-10-11-12-13-14-15-16-17-18-23-31-39-46-53-69(74)86-66(58-81-68(73)52-45-38-33-26-29-36-43-50-63(6)7)60-85-89(78,79)83-56-64(71)55-82-88(76,77)84-59-65(87-70(75)54-47-40-32-25-24-28-35-42-49-62(4)5)57-80-67(72)51-44-37-30-22-20-19-21-27-34-41-48-61(2)3/h13-16,61-66,71H,8-12,17-60H2,1-7H3,(H,76,77)(H,78,79)/b14-13-,16-15-/t64?,65-,66-/m1/s1. The maximum Gasteiger partial charge on any atom is 0.472 e. The number of unbranched alkanes of at least 4 members (excludes halogenated alkanes) is 31. The first-order valence-electron chi connectivity index (χ1n) is 35.7. The van der Waals surface area contributed by atoms with E-state index in [0.29, 0.717) is 37.5 Å². The lowest BCUT2D eigenvalue weighted by molar-refractivity contribution is -0.161. The van der Waals surface area contributed by atoms with Crippen molar-refractivity contribution in [3.8, 4) is 0 Å². The maximum absolute atomic E-state index is 13.0. The summed E-state index contributed by atoms with van der Waals surface area (Å²) in [6.07, 6.45) is 46.8. The molecule has 19 heteroatoms. The van der Waals surface area contributed by atoms with E-state index in [2.05, 4.69) is 72.8 Å². The zero-order valence-electron chi connectivity index (χ0n) is 57.4. The summed E-state index contributed by atoms with van der Waals surface area (Å²) in [5.41, 5.74) is 0. The molecule has 0 heterocycles. The predicted octanol–water partition coefficient (Wildman–Crippen LogP) is 19.4. The van der Waals surface area contributed by atoms with Gasteiger partial charge in [-0.2, -0.15) is 0 Å². The van der Waals surface area contributed by atoms with Gasteiger partial charge in [0.1, 0.15) is 19.3 Å². The molecule has 0 rings (SSSR count). The molecule has 524 valence electrons. The van der Waals surface area contributed by atoms with Gasteiger partial charge >= 0.3 is 39.5 Å². The predicted molar refractivity (Wildman–Crippen MR) is 358 cm³/mol. The van der Waals surface area contributed by atoms with Crippen LogP contribution in [0.3, 0.4) is 0 Å². The zero-order valence-corrected chi connectivity index (χ0v) is 59.2. The van der Waals surface area contributed by atoms with Gasteiger partial charge in [0, 0.05) is 25.7 Å². The van der Waals surface area contributed by atoms with Crippen molar-refractivity contribution in [3.63, 3.8) is 0 Å². The smallest absolute Gasteiger partial charge is 0.462 e. The van der Waals surface area contributed by atoms with Crippen molar-refractivity contribution in [1.29, 1.82) is 0 Å². The van der Waals surface area contributed by atoms with Crippen LogP contribution in [-0.4, -0.2) is 96.7 Å². The second-order valence-corrected chi connectivity index (χ2v) is 28.9. The van der Waals surface area contributed by atoms with Crippen molar-refractivity contribution >= 4 is 39.5 Å². The molecule has 17 nitrogen and oxygen atoms in total. The lowest BCUT2D eigenvalue weighted by Gasteiger charge is -2.21. The average molecular weight is 1310 g/mol. The molecule has 0 fully saturated rings. The van der Waals surface area contributed by atoms with Gasteiger partial charge < -0.3 is 33.8 Å². The average Bonchev–Trinajstić information content (AvgIpc) is 3.70. The molecule has 0 aromatic rings. The molecule has 3 N–H and O–H groups in total. The van der Waals surface area contributed by atoms with Gasteiger partial charge in [0.2, 0.25) is 0 Å².